The molecule has 0 heterocycles. The standard InChI is InChI=1S/C13H21ClN2O2.C2H2O4/c1-11-10-12(2-3-13(11)14)18-9-8-17-7-6-16-5-4-15;3-1(4)2(5)6/h2-3,10,16H,4-9,15H2,1H3;(H,3,4)(H,5,6). The molecule has 0 atom stereocenters. The number of nitrogens with two attached hydrogens (primary N) is 1. The van der Waals surface area contributed by atoms with E-state index in [2.05, 4.69) is 5.32 Å². The van der Waals surface area contributed by atoms with Gasteiger partial charge in [0, 0.05) is 24.7 Å². The Morgan fingerprint density at radius 2 is 1.83 bits per heavy atom. The Hall–Kier alpha value is -1.87. The van der Waals surface area contributed by atoms with Gasteiger partial charge in [0.05, 0.1) is 13.2 Å². The molecule has 136 valence electrons. The molecule has 0 amide bonds. The minimum absolute atomic E-state index is 0.540. The molecule has 1 aromatic rings. The lowest BCUT2D eigenvalue weighted by Crippen LogP contribution is -2.26. The summed E-state index contributed by atoms with van der Waals surface area (Å²) in [7, 11) is 0. The van der Waals surface area contributed by atoms with Crippen LogP contribution in [0.2, 0.25) is 5.02 Å². The summed E-state index contributed by atoms with van der Waals surface area (Å²) in [5.41, 5.74) is 6.36. The van der Waals surface area contributed by atoms with Crippen molar-refractivity contribution >= 4 is 23.5 Å². The van der Waals surface area contributed by atoms with Gasteiger partial charge < -0.3 is 30.7 Å². The highest BCUT2D eigenvalue weighted by molar-refractivity contribution is 6.31. The lowest BCUT2D eigenvalue weighted by atomic mass is 10.2. The summed E-state index contributed by atoms with van der Waals surface area (Å²) in [4.78, 5) is 18.2. The van der Waals surface area contributed by atoms with Crippen LogP contribution in [-0.4, -0.2) is 61.6 Å². The van der Waals surface area contributed by atoms with E-state index in [0.29, 0.717) is 26.4 Å². The zero-order chi connectivity index (χ0) is 18.4. The predicted molar refractivity (Wildman–Crippen MR) is 89.7 cm³/mol. The van der Waals surface area contributed by atoms with E-state index < -0.39 is 11.9 Å². The van der Waals surface area contributed by atoms with Gasteiger partial charge in [-0.2, -0.15) is 0 Å². The molecule has 9 heteroatoms. The van der Waals surface area contributed by atoms with Gasteiger partial charge in [-0.25, -0.2) is 9.59 Å². The normalized spacial score (nSPS) is 9.79. The van der Waals surface area contributed by atoms with Crippen molar-refractivity contribution in [1.29, 1.82) is 0 Å². The number of hydrogen-bond donors (Lipinski definition) is 4. The number of benzene rings is 1. The SMILES string of the molecule is Cc1cc(OCCOCCNCCN)ccc1Cl.O=C(O)C(=O)O. The highest BCUT2D eigenvalue weighted by atomic mass is 35.5. The van der Waals surface area contributed by atoms with Gasteiger partial charge in [-0.15, -0.1) is 0 Å². The van der Waals surface area contributed by atoms with Crippen molar-refractivity contribution in [1.82, 2.24) is 5.32 Å². The molecule has 0 spiro atoms. The number of carboxylic acids is 2. The number of halogens is 1. The van der Waals surface area contributed by atoms with Crippen LogP contribution in [0, 0.1) is 6.92 Å². The fourth-order valence-corrected chi connectivity index (χ4v) is 1.52. The number of nitrogens with one attached hydrogen (secondary N) is 1. The highest BCUT2D eigenvalue weighted by Crippen LogP contribution is 2.20. The van der Waals surface area contributed by atoms with Crippen LogP contribution in [0.15, 0.2) is 18.2 Å². The summed E-state index contributed by atoms with van der Waals surface area (Å²) in [6.45, 7) is 6.03. The summed E-state index contributed by atoms with van der Waals surface area (Å²) < 4.78 is 10.9. The van der Waals surface area contributed by atoms with Crippen LogP contribution in [0.5, 0.6) is 5.75 Å². The van der Waals surface area contributed by atoms with Crippen LogP contribution in [-0.2, 0) is 14.3 Å². The van der Waals surface area contributed by atoms with Gasteiger partial charge in [-0.1, -0.05) is 11.6 Å². The van der Waals surface area contributed by atoms with Crippen molar-refractivity contribution in [3.63, 3.8) is 0 Å². The van der Waals surface area contributed by atoms with E-state index in [1.807, 2.05) is 25.1 Å². The fourth-order valence-electron chi connectivity index (χ4n) is 1.40. The monoisotopic (exact) mass is 362 g/mol. The van der Waals surface area contributed by atoms with E-state index in [0.717, 1.165) is 29.4 Å². The number of rotatable bonds is 9. The van der Waals surface area contributed by atoms with Crippen LogP contribution in [0.25, 0.3) is 0 Å². The molecule has 5 N–H and O–H groups in total. The summed E-state index contributed by atoms with van der Waals surface area (Å²) in [5, 5.41) is 18.7. The molecule has 1 aromatic carbocycles. The first-order chi connectivity index (χ1) is 11.4. The number of carboxylic acid groups (broad SMARTS) is 2. The van der Waals surface area contributed by atoms with Crippen molar-refractivity contribution in [3.8, 4) is 5.75 Å². The molecule has 0 saturated carbocycles. The van der Waals surface area contributed by atoms with Crippen molar-refractivity contribution in [2.24, 2.45) is 5.73 Å². The first kappa shape index (κ1) is 22.1. The van der Waals surface area contributed by atoms with Gasteiger partial charge in [0.2, 0.25) is 0 Å². The summed E-state index contributed by atoms with van der Waals surface area (Å²) in [5.74, 6) is -2.83. The molecule has 0 radical (unpaired) electrons. The Morgan fingerprint density at radius 1 is 1.17 bits per heavy atom. The molecule has 0 aliphatic rings. The van der Waals surface area contributed by atoms with Crippen LogP contribution in [0.3, 0.4) is 0 Å². The molecule has 0 fully saturated rings. The van der Waals surface area contributed by atoms with E-state index in [1.54, 1.807) is 0 Å². The lowest BCUT2D eigenvalue weighted by Gasteiger charge is -2.08. The molecule has 0 bridgehead atoms. The quantitative estimate of drug-likeness (QED) is 0.374. The molecular weight excluding hydrogens is 340 g/mol. The maximum atomic E-state index is 9.10. The molecule has 1 rings (SSSR count). The number of carbonyl (C=O) groups is 2. The molecule has 0 aliphatic carbocycles. The molecule has 24 heavy (non-hydrogen) atoms. The second-order valence-electron chi connectivity index (χ2n) is 4.52. The second-order valence-corrected chi connectivity index (χ2v) is 4.93. The highest BCUT2D eigenvalue weighted by Gasteiger charge is 2.04. The third kappa shape index (κ3) is 11.7. The number of aryl methyl sites for hydroxylation is 1. The van der Waals surface area contributed by atoms with Crippen molar-refractivity contribution < 1.29 is 29.3 Å². The van der Waals surface area contributed by atoms with Crippen molar-refractivity contribution in [2.45, 2.75) is 6.92 Å². The maximum absolute atomic E-state index is 9.10. The molecule has 0 aliphatic heterocycles. The Kier molecular flexibility index (Phi) is 12.5. The second kappa shape index (κ2) is 13.6. The Balaban J connectivity index is 0.000000754. The van der Waals surface area contributed by atoms with E-state index in [-0.39, 0.29) is 0 Å². The minimum atomic E-state index is -1.82. The molecule has 0 unspecified atom stereocenters. The smallest absolute Gasteiger partial charge is 0.414 e. The summed E-state index contributed by atoms with van der Waals surface area (Å²) in [6.07, 6.45) is 0. The van der Waals surface area contributed by atoms with Crippen molar-refractivity contribution in [3.05, 3.63) is 28.8 Å². The summed E-state index contributed by atoms with van der Waals surface area (Å²) in [6, 6.07) is 5.62. The zero-order valence-electron chi connectivity index (χ0n) is 13.5. The topological polar surface area (TPSA) is 131 Å². The number of aliphatic carboxylic acids is 2. The van der Waals surface area contributed by atoms with E-state index in [4.69, 9.17) is 46.6 Å². The largest absolute Gasteiger partial charge is 0.491 e. The van der Waals surface area contributed by atoms with Gasteiger partial charge in [-0.3, -0.25) is 0 Å². The van der Waals surface area contributed by atoms with Gasteiger partial charge in [0.15, 0.2) is 0 Å². The number of hydrogen-bond acceptors (Lipinski definition) is 6. The minimum Gasteiger partial charge on any atom is -0.491 e. The van der Waals surface area contributed by atoms with Crippen molar-refractivity contribution in [2.75, 3.05) is 39.5 Å². The summed E-state index contributed by atoms with van der Waals surface area (Å²) >= 11 is 5.93. The van der Waals surface area contributed by atoms with Crippen LogP contribution in [0.1, 0.15) is 5.56 Å². The maximum Gasteiger partial charge on any atom is 0.414 e. The van der Waals surface area contributed by atoms with E-state index in [1.165, 1.54) is 0 Å². The van der Waals surface area contributed by atoms with Gasteiger partial charge in [-0.05, 0) is 30.7 Å². The van der Waals surface area contributed by atoms with Crippen LogP contribution in [0.4, 0.5) is 0 Å². The number of ether oxygens (including phenoxy) is 2. The van der Waals surface area contributed by atoms with Crippen LogP contribution >= 0.6 is 11.6 Å². The van der Waals surface area contributed by atoms with E-state index in [9.17, 15) is 0 Å². The van der Waals surface area contributed by atoms with Crippen LogP contribution < -0.4 is 15.8 Å². The first-order valence-electron chi connectivity index (χ1n) is 7.22. The first-order valence-corrected chi connectivity index (χ1v) is 7.60. The fraction of sp³-hybridized carbons (Fsp3) is 0.467. The third-order valence-corrected chi connectivity index (χ3v) is 2.98. The Labute approximate surface area is 145 Å². The van der Waals surface area contributed by atoms with Gasteiger partial charge >= 0.3 is 11.9 Å². The molecular formula is C15H23ClN2O6. The predicted octanol–water partition coefficient (Wildman–Crippen LogP) is 0.748. The average molecular weight is 363 g/mol. The Bertz CT molecular complexity index is 501. The van der Waals surface area contributed by atoms with Gasteiger partial charge in [0.1, 0.15) is 12.4 Å². The van der Waals surface area contributed by atoms with Gasteiger partial charge in [0.25, 0.3) is 0 Å². The molecule has 8 nitrogen and oxygen atoms in total. The van der Waals surface area contributed by atoms with E-state index >= 15 is 0 Å². The molecule has 0 saturated heterocycles. The zero-order valence-corrected chi connectivity index (χ0v) is 14.2. The lowest BCUT2D eigenvalue weighted by molar-refractivity contribution is -0.159. The Morgan fingerprint density at radius 3 is 2.38 bits per heavy atom. The third-order valence-electron chi connectivity index (χ3n) is 2.55. The average Bonchev–Trinajstić information content (AvgIpc) is 2.54. The molecule has 0 aromatic heterocycles.